The molecule has 0 spiro atoms. The summed E-state index contributed by atoms with van der Waals surface area (Å²) >= 11 is 18.7. The molecule has 2 nitrogen and oxygen atoms in total. The molecular weight excluding hydrogens is 355 g/mol. The lowest BCUT2D eigenvalue weighted by Crippen LogP contribution is -2.06. The maximum atomic E-state index is 13.0. The van der Waals surface area contributed by atoms with Gasteiger partial charge in [-0.05, 0) is 34.5 Å². The van der Waals surface area contributed by atoms with E-state index in [9.17, 15) is 9.90 Å². The predicted octanol–water partition coefficient (Wildman–Crippen LogP) is 5.52. The van der Waals surface area contributed by atoms with Gasteiger partial charge in [-0.1, -0.05) is 65.1 Å². The van der Waals surface area contributed by atoms with Crippen LogP contribution in [-0.4, -0.2) is 10.9 Å². The Morgan fingerprint density at radius 2 is 1.52 bits per heavy atom. The first-order valence-electron chi connectivity index (χ1n) is 6.83. The number of hydrogen-bond acceptors (Lipinski definition) is 2. The second-order valence-electron chi connectivity index (χ2n) is 5.07. The molecule has 3 rings (SSSR count). The van der Waals surface area contributed by atoms with Gasteiger partial charge in [0.15, 0.2) is 5.78 Å². The number of fused-ring (bicyclic) bond motifs is 1. The van der Waals surface area contributed by atoms with Crippen molar-refractivity contribution < 1.29 is 9.90 Å². The summed E-state index contributed by atoms with van der Waals surface area (Å²) in [5.41, 5.74) is 1.09. The summed E-state index contributed by atoms with van der Waals surface area (Å²) in [5.74, 6) is -0.341. The van der Waals surface area contributed by atoms with Crippen LogP contribution in [0.2, 0.25) is 15.1 Å². The number of benzene rings is 3. The van der Waals surface area contributed by atoms with Crippen molar-refractivity contribution >= 4 is 51.4 Å². The van der Waals surface area contributed by atoms with Crippen LogP contribution in [0.1, 0.15) is 21.5 Å². The van der Waals surface area contributed by atoms with E-state index in [4.69, 9.17) is 34.8 Å². The zero-order valence-electron chi connectivity index (χ0n) is 11.8. The predicted molar refractivity (Wildman–Crippen MR) is 94.8 cm³/mol. The van der Waals surface area contributed by atoms with Gasteiger partial charge in [0.2, 0.25) is 0 Å². The molecule has 0 aromatic heterocycles. The molecule has 0 bridgehead atoms. The lowest BCUT2D eigenvalue weighted by Gasteiger charge is -2.12. The van der Waals surface area contributed by atoms with E-state index in [1.54, 1.807) is 6.07 Å². The van der Waals surface area contributed by atoms with Crippen molar-refractivity contribution in [3.05, 3.63) is 80.3 Å². The molecule has 116 valence electrons. The maximum absolute atomic E-state index is 13.0. The lowest BCUT2D eigenvalue weighted by atomic mass is 9.96. The third kappa shape index (κ3) is 2.96. The van der Waals surface area contributed by atoms with Crippen molar-refractivity contribution in [3.8, 4) is 0 Å². The Bertz CT molecular complexity index is 896. The Labute approximate surface area is 148 Å². The number of halogens is 3. The van der Waals surface area contributed by atoms with Crippen LogP contribution >= 0.6 is 34.8 Å². The number of carbonyl (C=O) groups excluding carboxylic acids is 1. The van der Waals surface area contributed by atoms with E-state index in [2.05, 4.69) is 0 Å². The van der Waals surface area contributed by atoms with Gasteiger partial charge in [-0.2, -0.15) is 0 Å². The molecule has 0 fully saturated rings. The minimum Gasteiger partial charge on any atom is -0.392 e. The Morgan fingerprint density at radius 3 is 2.17 bits per heavy atom. The van der Waals surface area contributed by atoms with E-state index in [1.807, 2.05) is 30.3 Å². The summed E-state index contributed by atoms with van der Waals surface area (Å²) < 4.78 is 0. The van der Waals surface area contributed by atoms with E-state index < -0.39 is 0 Å². The second-order valence-corrected chi connectivity index (χ2v) is 6.29. The quantitative estimate of drug-likeness (QED) is 0.620. The number of hydrogen-bond donors (Lipinski definition) is 1. The smallest absolute Gasteiger partial charge is 0.198 e. The van der Waals surface area contributed by atoms with Gasteiger partial charge in [-0.15, -0.1) is 0 Å². The van der Waals surface area contributed by atoms with Gasteiger partial charge < -0.3 is 5.11 Å². The number of carbonyl (C=O) groups is 1. The highest BCUT2D eigenvalue weighted by Gasteiger charge is 2.22. The van der Waals surface area contributed by atoms with Crippen molar-refractivity contribution in [2.45, 2.75) is 6.61 Å². The number of rotatable bonds is 3. The van der Waals surface area contributed by atoms with Gasteiger partial charge in [0, 0.05) is 5.56 Å². The van der Waals surface area contributed by atoms with Crippen LogP contribution in [-0.2, 0) is 6.61 Å². The molecule has 0 amide bonds. The minimum atomic E-state index is -0.341. The third-order valence-electron chi connectivity index (χ3n) is 3.62. The Hall–Kier alpha value is -1.58. The summed E-state index contributed by atoms with van der Waals surface area (Å²) in [7, 11) is 0. The molecule has 0 saturated heterocycles. The van der Waals surface area contributed by atoms with Gasteiger partial charge >= 0.3 is 0 Å². The molecule has 0 radical (unpaired) electrons. The first-order valence-corrected chi connectivity index (χ1v) is 7.97. The van der Waals surface area contributed by atoms with E-state index in [0.717, 1.165) is 10.8 Å². The fourth-order valence-corrected chi connectivity index (χ4v) is 3.49. The van der Waals surface area contributed by atoms with Crippen LogP contribution in [0.3, 0.4) is 0 Å². The number of aliphatic hydroxyl groups is 1. The first-order chi connectivity index (χ1) is 11.0. The van der Waals surface area contributed by atoms with E-state index in [1.165, 1.54) is 12.1 Å². The van der Waals surface area contributed by atoms with Crippen molar-refractivity contribution in [1.29, 1.82) is 0 Å². The van der Waals surface area contributed by atoms with Crippen LogP contribution in [0.5, 0.6) is 0 Å². The molecule has 5 heteroatoms. The van der Waals surface area contributed by atoms with Crippen LogP contribution < -0.4 is 0 Å². The van der Waals surface area contributed by atoms with Crippen molar-refractivity contribution in [1.82, 2.24) is 0 Å². The summed E-state index contributed by atoms with van der Waals surface area (Å²) in [6.45, 7) is -0.205. The zero-order valence-corrected chi connectivity index (χ0v) is 14.1. The minimum absolute atomic E-state index is 0.184. The topological polar surface area (TPSA) is 37.3 Å². The third-order valence-corrected chi connectivity index (χ3v) is 4.53. The molecule has 0 saturated carbocycles. The maximum Gasteiger partial charge on any atom is 0.198 e. The van der Waals surface area contributed by atoms with Crippen molar-refractivity contribution in [2.75, 3.05) is 0 Å². The fraction of sp³-hybridized carbons (Fsp3) is 0.0556. The highest BCUT2D eigenvalue weighted by atomic mass is 35.5. The fourth-order valence-electron chi connectivity index (χ4n) is 2.53. The summed E-state index contributed by atoms with van der Waals surface area (Å²) in [6, 6.07) is 14.1. The molecule has 0 aliphatic rings. The normalized spacial score (nSPS) is 11.0. The Kier molecular flexibility index (Phi) is 4.60. The van der Waals surface area contributed by atoms with Crippen molar-refractivity contribution in [2.24, 2.45) is 0 Å². The summed E-state index contributed by atoms with van der Waals surface area (Å²) in [5, 5.41) is 11.6. The average Bonchev–Trinajstić information content (AvgIpc) is 2.53. The molecule has 3 aromatic carbocycles. The molecule has 3 aromatic rings. The van der Waals surface area contributed by atoms with E-state index in [-0.39, 0.29) is 28.0 Å². The monoisotopic (exact) mass is 364 g/mol. The van der Waals surface area contributed by atoms with Crippen LogP contribution in [0.15, 0.2) is 48.5 Å². The SMILES string of the molecule is O=C(c1c(Cl)cc(CO)cc1Cl)c1c(Cl)ccc2ccccc12. The summed E-state index contributed by atoms with van der Waals surface area (Å²) in [6.07, 6.45) is 0. The number of aliphatic hydroxyl groups excluding tert-OH is 1. The average molecular weight is 366 g/mol. The van der Waals surface area contributed by atoms with Gasteiger partial charge in [0.25, 0.3) is 0 Å². The molecule has 0 aliphatic carbocycles. The van der Waals surface area contributed by atoms with Gasteiger partial charge in [-0.3, -0.25) is 4.79 Å². The lowest BCUT2D eigenvalue weighted by molar-refractivity contribution is 0.104. The summed E-state index contributed by atoms with van der Waals surface area (Å²) in [4.78, 5) is 13.0. The zero-order chi connectivity index (χ0) is 16.6. The van der Waals surface area contributed by atoms with E-state index in [0.29, 0.717) is 16.1 Å². The molecule has 0 heterocycles. The Morgan fingerprint density at radius 1 is 0.870 bits per heavy atom. The number of ketones is 1. The second kappa shape index (κ2) is 6.50. The van der Waals surface area contributed by atoms with Crippen LogP contribution in [0.25, 0.3) is 10.8 Å². The highest BCUT2D eigenvalue weighted by Crippen LogP contribution is 2.34. The molecule has 0 unspecified atom stereocenters. The van der Waals surface area contributed by atoms with Crippen LogP contribution in [0.4, 0.5) is 0 Å². The molecular formula is C18H11Cl3O2. The van der Waals surface area contributed by atoms with E-state index >= 15 is 0 Å². The molecule has 0 aliphatic heterocycles. The molecule has 0 atom stereocenters. The van der Waals surface area contributed by atoms with Crippen LogP contribution in [0, 0.1) is 0 Å². The Balaban J connectivity index is 2.25. The van der Waals surface area contributed by atoms with Gasteiger partial charge in [0.1, 0.15) is 0 Å². The van der Waals surface area contributed by atoms with Gasteiger partial charge in [-0.25, -0.2) is 0 Å². The highest BCUT2D eigenvalue weighted by molar-refractivity contribution is 6.44. The standard InChI is InChI=1S/C18H11Cl3O2/c19-13-6-5-11-3-1-2-4-12(11)16(13)18(23)17-14(20)7-10(9-22)8-15(17)21/h1-8,22H,9H2. The van der Waals surface area contributed by atoms with Gasteiger partial charge in [0.05, 0.1) is 27.2 Å². The first kappa shape index (κ1) is 16.3. The molecule has 23 heavy (non-hydrogen) atoms. The molecule has 1 N–H and O–H groups in total. The van der Waals surface area contributed by atoms with Crippen molar-refractivity contribution in [3.63, 3.8) is 0 Å². The largest absolute Gasteiger partial charge is 0.392 e.